The van der Waals surface area contributed by atoms with Crippen LogP contribution in [0.1, 0.15) is 30.1 Å². The molecule has 2 heterocycles. The largest absolute Gasteiger partial charge is 0.231 e. The van der Waals surface area contributed by atoms with Gasteiger partial charge in [-0.25, -0.2) is 19.9 Å². The minimum atomic E-state index is 0.488. The van der Waals surface area contributed by atoms with Crippen molar-refractivity contribution in [3.05, 3.63) is 35.0 Å². The molecule has 2 aromatic heterocycles. The van der Waals surface area contributed by atoms with Gasteiger partial charge in [-0.3, -0.25) is 0 Å². The molecule has 0 saturated heterocycles. The molecule has 1 saturated carbocycles. The molecule has 0 radical (unpaired) electrons. The van der Waals surface area contributed by atoms with Crippen LogP contribution < -0.4 is 0 Å². The zero-order valence-electron chi connectivity index (χ0n) is 9.80. The molecule has 0 aromatic carbocycles. The molecule has 18 heavy (non-hydrogen) atoms. The molecule has 0 amide bonds. The smallest absolute Gasteiger partial charge is 0.193 e. The van der Waals surface area contributed by atoms with Gasteiger partial charge in [0.15, 0.2) is 5.16 Å². The minimum absolute atomic E-state index is 0.488. The molecule has 0 aliphatic heterocycles. The molecule has 0 spiro atoms. The third kappa shape index (κ3) is 2.79. The van der Waals surface area contributed by atoms with Crippen molar-refractivity contribution in [1.82, 2.24) is 19.9 Å². The summed E-state index contributed by atoms with van der Waals surface area (Å²) in [6.07, 6.45) is 5.90. The van der Waals surface area contributed by atoms with Crippen LogP contribution in [0.2, 0.25) is 5.15 Å². The molecule has 4 nitrogen and oxygen atoms in total. The molecule has 6 heteroatoms. The Morgan fingerprint density at radius 3 is 2.61 bits per heavy atom. The number of halogens is 1. The maximum absolute atomic E-state index is 6.01. The third-order valence-electron chi connectivity index (χ3n) is 2.58. The Kier molecular flexibility index (Phi) is 3.18. The normalized spacial score (nSPS) is 14.8. The highest BCUT2D eigenvalue weighted by molar-refractivity contribution is 7.99. The first-order valence-corrected chi connectivity index (χ1v) is 6.91. The molecular formula is C12H11ClN4S. The van der Waals surface area contributed by atoms with E-state index in [1.165, 1.54) is 11.8 Å². The van der Waals surface area contributed by atoms with E-state index < -0.39 is 0 Å². The van der Waals surface area contributed by atoms with Crippen LogP contribution in [0.15, 0.2) is 28.6 Å². The molecule has 92 valence electrons. The standard InChI is InChI=1S/C12H11ClN4S/c1-7-5-14-12(15-6-7)18-10-4-9(13)16-11(17-10)8-2-3-8/h4-6,8H,2-3H2,1H3. The number of aryl methyl sites for hydroxylation is 1. The van der Waals surface area contributed by atoms with Gasteiger partial charge in [-0.1, -0.05) is 11.6 Å². The predicted molar refractivity (Wildman–Crippen MR) is 69.9 cm³/mol. The van der Waals surface area contributed by atoms with E-state index in [1.807, 2.05) is 6.92 Å². The molecule has 0 atom stereocenters. The second-order valence-corrected chi connectivity index (χ2v) is 5.68. The molecular weight excluding hydrogens is 268 g/mol. The zero-order valence-corrected chi connectivity index (χ0v) is 11.4. The van der Waals surface area contributed by atoms with Crippen molar-refractivity contribution in [2.75, 3.05) is 0 Å². The lowest BCUT2D eigenvalue weighted by molar-refractivity contribution is 0.872. The second kappa shape index (κ2) is 4.82. The van der Waals surface area contributed by atoms with Gasteiger partial charge in [0.1, 0.15) is 16.0 Å². The SMILES string of the molecule is Cc1cnc(Sc2cc(Cl)nc(C3CC3)n2)nc1. The maximum Gasteiger partial charge on any atom is 0.193 e. The predicted octanol–water partition coefficient (Wildman–Crippen LogP) is 3.26. The van der Waals surface area contributed by atoms with Crippen LogP contribution in [0, 0.1) is 6.92 Å². The van der Waals surface area contributed by atoms with E-state index in [9.17, 15) is 0 Å². The highest BCUT2D eigenvalue weighted by Crippen LogP contribution is 2.39. The highest BCUT2D eigenvalue weighted by atomic mass is 35.5. The van der Waals surface area contributed by atoms with Gasteiger partial charge < -0.3 is 0 Å². The van der Waals surface area contributed by atoms with Crippen LogP contribution in [0.5, 0.6) is 0 Å². The molecule has 0 bridgehead atoms. The van der Waals surface area contributed by atoms with Crippen molar-refractivity contribution in [3.63, 3.8) is 0 Å². The Balaban J connectivity index is 1.85. The Morgan fingerprint density at radius 1 is 1.22 bits per heavy atom. The number of nitrogens with zero attached hydrogens (tertiary/aromatic N) is 4. The molecule has 0 unspecified atom stereocenters. The quantitative estimate of drug-likeness (QED) is 0.637. The topological polar surface area (TPSA) is 51.6 Å². The Morgan fingerprint density at radius 2 is 1.94 bits per heavy atom. The summed E-state index contributed by atoms with van der Waals surface area (Å²) in [7, 11) is 0. The van der Waals surface area contributed by atoms with Crippen LogP contribution in [0.3, 0.4) is 0 Å². The first kappa shape index (κ1) is 11.9. The van der Waals surface area contributed by atoms with E-state index in [0.717, 1.165) is 29.3 Å². The Labute approximate surface area is 114 Å². The molecule has 0 N–H and O–H groups in total. The van der Waals surface area contributed by atoms with E-state index in [4.69, 9.17) is 11.6 Å². The number of hydrogen-bond donors (Lipinski definition) is 0. The summed E-state index contributed by atoms with van der Waals surface area (Å²) in [5, 5.41) is 1.97. The Hall–Kier alpha value is -1.20. The monoisotopic (exact) mass is 278 g/mol. The van der Waals surface area contributed by atoms with Crippen molar-refractivity contribution in [2.24, 2.45) is 0 Å². The molecule has 1 aliphatic rings. The van der Waals surface area contributed by atoms with Crippen LogP contribution in [0.25, 0.3) is 0 Å². The van der Waals surface area contributed by atoms with E-state index in [0.29, 0.717) is 16.2 Å². The summed E-state index contributed by atoms with van der Waals surface area (Å²) in [6.45, 7) is 1.96. The van der Waals surface area contributed by atoms with E-state index in [2.05, 4.69) is 19.9 Å². The van der Waals surface area contributed by atoms with Gasteiger partial charge in [-0.05, 0) is 37.1 Å². The van der Waals surface area contributed by atoms with Gasteiger partial charge in [-0.2, -0.15) is 0 Å². The minimum Gasteiger partial charge on any atom is -0.231 e. The second-order valence-electron chi connectivity index (χ2n) is 4.31. The van der Waals surface area contributed by atoms with Crippen molar-refractivity contribution in [1.29, 1.82) is 0 Å². The van der Waals surface area contributed by atoms with Crippen LogP contribution in [-0.4, -0.2) is 19.9 Å². The lowest BCUT2D eigenvalue weighted by atomic mass is 10.4. The average Bonchev–Trinajstić information content (AvgIpc) is 3.15. The van der Waals surface area contributed by atoms with E-state index >= 15 is 0 Å². The number of aromatic nitrogens is 4. The first-order chi connectivity index (χ1) is 8.70. The lowest BCUT2D eigenvalue weighted by Gasteiger charge is -2.03. The lowest BCUT2D eigenvalue weighted by Crippen LogP contribution is -1.95. The fourth-order valence-corrected chi connectivity index (χ4v) is 2.48. The van der Waals surface area contributed by atoms with Crippen LogP contribution in [-0.2, 0) is 0 Å². The summed E-state index contributed by atoms with van der Waals surface area (Å²) in [6, 6.07) is 1.75. The first-order valence-electron chi connectivity index (χ1n) is 5.72. The molecule has 1 aliphatic carbocycles. The highest BCUT2D eigenvalue weighted by Gasteiger charge is 2.27. The summed E-state index contributed by atoms with van der Waals surface area (Å²) < 4.78 is 0. The van der Waals surface area contributed by atoms with Crippen molar-refractivity contribution in [3.8, 4) is 0 Å². The molecule has 1 fully saturated rings. The van der Waals surface area contributed by atoms with Gasteiger partial charge >= 0.3 is 0 Å². The summed E-state index contributed by atoms with van der Waals surface area (Å²) in [5.41, 5.74) is 1.04. The summed E-state index contributed by atoms with van der Waals surface area (Å²) >= 11 is 7.42. The Bertz CT molecular complexity index is 569. The van der Waals surface area contributed by atoms with Crippen molar-refractivity contribution >= 4 is 23.4 Å². The van der Waals surface area contributed by atoms with Crippen molar-refractivity contribution in [2.45, 2.75) is 35.9 Å². The molecule has 3 rings (SSSR count). The third-order valence-corrected chi connectivity index (χ3v) is 3.59. The average molecular weight is 279 g/mol. The zero-order chi connectivity index (χ0) is 12.5. The van der Waals surface area contributed by atoms with Gasteiger partial charge in [0.2, 0.25) is 0 Å². The van der Waals surface area contributed by atoms with E-state index in [1.54, 1.807) is 18.5 Å². The van der Waals surface area contributed by atoms with E-state index in [-0.39, 0.29) is 0 Å². The van der Waals surface area contributed by atoms with Crippen molar-refractivity contribution < 1.29 is 0 Å². The summed E-state index contributed by atoms with van der Waals surface area (Å²) in [4.78, 5) is 17.2. The van der Waals surface area contributed by atoms with Gasteiger partial charge in [0, 0.05) is 24.4 Å². The fourth-order valence-electron chi connectivity index (χ4n) is 1.52. The van der Waals surface area contributed by atoms with Gasteiger partial charge in [0.25, 0.3) is 0 Å². The fraction of sp³-hybridized carbons (Fsp3) is 0.333. The van der Waals surface area contributed by atoms with Gasteiger partial charge in [0.05, 0.1) is 0 Å². The number of hydrogen-bond acceptors (Lipinski definition) is 5. The summed E-state index contributed by atoms with van der Waals surface area (Å²) in [5.74, 6) is 1.33. The van der Waals surface area contributed by atoms with Gasteiger partial charge in [-0.15, -0.1) is 0 Å². The maximum atomic E-state index is 6.01. The van der Waals surface area contributed by atoms with Crippen LogP contribution >= 0.6 is 23.4 Å². The van der Waals surface area contributed by atoms with Crippen LogP contribution in [0.4, 0.5) is 0 Å². The number of rotatable bonds is 3. The molecule has 2 aromatic rings.